The number of rotatable bonds is 6. The van der Waals surface area contributed by atoms with E-state index in [0.29, 0.717) is 52.3 Å². The number of ether oxygens (including phenoxy) is 1. The maximum atomic E-state index is 13.1. The van der Waals surface area contributed by atoms with Crippen molar-refractivity contribution in [1.29, 1.82) is 0 Å². The molecule has 9 nitrogen and oxygen atoms in total. The smallest absolute Gasteiger partial charge is 0.261 e. The van der Waals surface area contributed by atoms with Crippen LogP contribution in [0.1, 0.15) is 16.1 Å². The van der Waals surface area contributed by atoms with E-state index in [-0.39, 0.29) is 5.91 Å². The lowest BCUT2D eigenvalue weighted by Crippen LogP contribution is -2.36. The first-order chi connectivity index (χ1) is 17.1. The molecule has 1 saturated heterocycles. The Morgan fingerprint density at radius 2 is 1.80 bits per heavy atom. The number of hydrogen-bond acceptors (Lipinski definition) is 8. The molecule has 0 bridgehead atoms. The maximum Gasteiger partial charge on any atom is 0.261 e. The molecule has 3 heterocycles. The first kappa shape index (κ1) is 22.8. The molecule has 1 amide bonds. The lowest BCUT2D eigenvalue weighted by molar-refractivity contribution is 0.102. The molecule has 178 valence electrons. The van der Waals surface area contributed by atoms with Gasteiger partial charge in [-0.2, -0.15) is 5.10 Å². The van der Waals surface area contributed by atoms with Gasteiger partial charge in [-0.1, -0.05) is 35.0 Å². The highest BCUT2D eigenvalue weighted by atomic mass is 35.5. The van der Waals surface area contributed by atoms with E-state index >= 15 is 0 Å². The fourth-order valence-electron chi connectivity index (χ4n) is 3.87. The molecule has 0 saturated carbocycles. The Kier molecular flexibility index (Phi) is 6.60. The second kappa shape index (κ2) is 10.1. The van der Waals surface area contributed by atoms with Gasteiger partial charge in [0.1, 0.15) is 17.0 Å². The van der Waals surface area contributed by atoms with Crippen molar-refractivity contribution in [2.45, 2.75) is 6.92 Å². The number of aromatic nitrogens is 3. The van der Waals surface area contributed by atoms with Crippen LogP contribution in [0, 0.1) is 6.92 Å². The molecule has 0 spiro atoms. The van der Waals surface area contributed by atoms with Crippen LogP contribution in [0.3, 0.4) is 0 Å². The zero-order chi connectivity index (χ0) is 24.2. The molecule has 1 aliphatic rings. The fraction of sp³-hybridized carbons (Fsp3) is 0.200. The van der Waals surface area contributed by atoms with Gasteiger partial charge in [-0.3, -0.25) is 4.79 Å². The van der Waals surface area contributed by atoms with Gasteiger partial charge in [0.2, 0.25) is 0 Å². The molecule has 0 unspecified atom stereocenters. The highest BCUT2D eigenvalue weighted by molar-refractivity contribution is 6.33. The number of anilines is 4. The van der Waals surface area contributed by atoms with Crippen molar-refractivity contribution < 1.29 is 14.1 Å². The Hall–Kier alpha value is -3.95. The molecule has 4 aromatic rings. The number of amides is 1. The van der Waals surface area contributed by atoms with Crippen LogP contribution in [0.25, 0.3) is 11.3 Å². The summed E-state index contributed by atoms with van der Waals surface area (Å²) in [6.45, 7) is 4.74. The number of morpholine rings is 1. The first-order valence-electron chi connectivity index (χ1n) is 11.1. The van der Waals surface area contributed by atoms with Gasteiger partial charge in [0.15, 0.2) is 5.82 Å². The molecule has 5 rings (SSSR count). The minimum absolute atomic E-state index is 0.330. The summed E-state index contributed by atoms with van der Waals surface area (Å²) in [5, 5.41) is 19.0. The number of nitrogens with one attached hydrogen (secondary N) is 2. The lowest BCUT2D eigenvalue weighted by atomic mass is 10.1. The van der Waals surface area contributed by atoms with Crippen LogP contribution in [0.2, 0.25) is 5.02 Å². The molecule has 10 heteroatoms. The molecule has 2 aromatic carbocycles. The normalized spacial score (nSPS) is 13.5. The third-order valence-electron chi connectivity index (χ3n) is 5.65. The number of carbonyl (C=O) groups is 1. The van der Waals surface area contributed by atoms with E-state index in [2.05, 4.69) is 30.9 Å². The second-order valence-electron chi connectivity index (χ2n) is 8.00. The number of aryl methyl sites for hydroxylation is 1. The third kappa shape index (κ3) is 5.11. The number of carbonyl (C=O) groups excluding carboxylic acids is 1. The Balaban J connectivity index is 1.28. The van der Waals surface area contributed by atoms with Crippen molar-refractivity contribution in [2.24, 2.45) is 0 Å². The standard InChI is InChI=1S/C25H23ClN6O3/c1-16-23(24(31-35-16)20-4-2-3-5-21(20)26)25(33)29-18-8-6-17(7-9-18)28-22-14-19(15-27-30-22)32-10-12-34-13-11-32/h2-9,14-15H,10-13H2,1H3,(H,28,30)(H,29,33). The number of nitrogens with zero attached hydrogens (tertiary/aromatic N) is 4. The predicted octanol–water partition coefficient (Wildman–Crippen LogP) is 4.93. The van der Waals surface area contributed by atoms with Gasteiger partial charge in [0.25, 0.3) is 5.91 Å². The molecule has 35 heavy (non-hydrogen) atoms. The Morgan fingerprint density at radius 3 is 2.57 bits per heavy atom. The van der Waals surface area contributed by atoms with Crippen LogP contribution in [-0.2, 0) is 4.74 Å². The van der Waals surface area contributed by atoms with E-state index in [1.807, 2.05) is 30.3 Å². The Labute approximate surface area is 207 Å². The Bertz CT molecular complexity index is 1340. The molecule has 1 aliphatic heterocycles. The van der Waals surface area contributed by atoms with E-state index in [1.165, 1.54) is 0 Å². The number of hydrogen-bond donors (Lipinski definition) is 2. The SMILES string of the molecule is Cc1onc(-c2ccccc2Cl)c1C(=O)Nc1ccc(Nc2cc(N3CCOCC3)cnn2)cc1. The van der Waals surface area contributed by atoms with E-state index in [4.69, 9.17) is 20.9 Å². The van der Waals surface area contributed by atoms with Gasteiger partial charge < -0.3 is 24.8 Å². The van der Waals surface area contributed by atoms with E-state index in [0.717, 1.165) is 24.5 Å². The van der Waals surface area contributed by atoms with E-state index < -0.39 is 0 Å². The summed E-state index contributed by atoms with van der Waals surface area (Å²) < 4.78 is 10.7. The molecule has 1 fully saturated rings. The van der Waals surface area contributed by atoms with Crippen LogP contribution in [0.4, 0.5) is 22.9 Å². The first-order valence-corrected chi connectivity index (χ1v) is 11.5. The predicted molar refractivity (Wildman–Crippen MR) is 134 cm³/mol. The lowest BCUT2D eigenvalue weighted by Gasteiger charge is -2.28. The van der Waals surface area contributed by atoms with Gasteiger partial charge in [-0.25, -0.2) is 0 Å². The van der Waals surface area contributed by atoms with E-state index in [9.17, 15) is 4.79 Å². The zero-order valence-corrected chi connectivity index (χ0v) is 19.7. The second-order valence-corrected chi connectivity index (χ2v) is 8.40. The van der Waals surface area contributed by atoms with E-state index in [1.54, 1.807) is 37.4 Å². The minimum atomic E-state index is -0.330. The van der Waals surface area contributed by atoms with Crippen LogP contribution in [0.5, 0.6) is 0 Å². The van der Waals surface area contributed by atoms with Crippen molar-refractivity contribution in [1.82, 2.24) is 15.4 Å². The largest absolute Gasteiger partial charge is 0.378 e. The van der Waals surface area contributed by atoms with Gasteiger partial charge in [-0.05, 0) is 37.3 Å². The Morgan fingerprint density at radius 1 is 1.06 bits per heavy atom. The monoisotopic (exact) mass is 490 g/mol. The summed E-state index contributed by atoms with van der Waals surface area (Å²) >= 11 is 6.30. The summed E-state index contributed by atoms with van der Waals surface area (Å²) in [5.41, 5.74) is 3.82. The molecule has 0 radical (unpaired) electrons. The van der Waals surface area contributed by atoms with Crippen LogP contribution in [0.15, 0.2) is 65.3 Å². The van der Waals surface area contributed by atoms with Crippen molar-refractivity contribution >= 4 is 40.4 Å². The van der Waals surface area contributed by atoms with Crippen LogP contribution < -0.4 is 15.5 Å². The minimum Gasteiger partial charge on any atom is -0.378 e. The van der Waals surface area contributed by atoms with Crippen molar-refractivity contribution in [3.8, 4) is 11.3 Å². The summed E-state index contributed by atoms with van der Waals surface area (Å²) in [6, 6.07) is 16.5. The molecule has 2 N–H and O–H groups in total. The summed E-state index contributed by atoms with van der Waals surface area (Å²) in [4.78, 5) is 15.3. The highest BCUT2D eigenvalue weighted by Gasteiger charge is 2.23. The average Bonchev–Trinajstić information content (AvgIpc) is 3.27. The van der Waals surface area contributed by atoms with Crippen molar-refractivity contribution in [2.75, 3.05) is 41.8 Å². The third-order valence-corrected chi connectivity index (χ3v) is 5.98. The van der Waals surface area contributed by atoms with Gasteiger partial charge >= 0.3 is 0 Å². The fourth-order valence-corrected chi connectivity index (χ4v) is 4.09. The van der Waals surface area contributed by atoms with Crippen molar-refractivity contribution in [3.63, 3.8) is 0 Å². The molecular formula is C25H23ClN6O3. The van der Waals surface area contributed by atoms with Crippen LogP contribution in [-0.4, -0.2) is 47.6 Å². The van der Waals surface area contributed by atoms with Crippen molar-refractivity contribution in [3.05, 3.63) is 77.1 Å². The van der Waals surface area contributed by atoms with Crippen LogP contribution >= 0.6 is 11.6 Å². The van der Waals surface area contributed by atoms with Gasteiger partial charge in [-0.15, -0.1) is 5.10 Å². The molecule has 2 aromatic heterocycles. The number of halogens is 1. The molecular weight excluding hydrogens is 468 g/mol. The summed E-state index contributed by atoms with van der Waals surface area (Å²) in [6.07, 6.45) is 1.75. The highest BCUT2D eigenvalue weighted by Crippen LogP contribution is 2.31. The van der Waals surface area contributed by atoms with Gasteiger partial charge in [0.05, 0.1) is 30.1 Å². The zero-order valence-electron chi connectivity index (χ0n) is 19.0. The average molecular weight is 491 g/mol. The number of benzene rings is 2. The quantitative estimate of drug-likeness (QED) is 0.392. The molecule has 0 atom stereocenters. The van der Waals surface area contributed by atoms with Gasteiger partial charge in [0, 0.05) is 36.1 Å². The summed E-state index contributed by atoms with van der Waals surface area (Å²) in [5.74, 6) is 0.716. The maximum absolute atomic E-state index is 13.1. The topological polar surface area (TPSA) is 105 Å². The molecule has 0 aliphatic carbocycles. The summed E-state index contributed by atoms with van der Waals surface area (Å²) in [7, 11) is 0.